The van der Waals surface area contributed by atoms with E-state index in [2.05, 4.69) is 12.1 Å². The number of hydrogen-bond donors (Lipinski definition) is 0. The van der Waals surface area contributed by atoms with Gasteiger partial charge in [0.1, 0.15) is 0 Å². The average molecular weight is 259 g/mol. The molecule has 1 aliphatic rings. The summed E-state index contributed by atoms with van der Waals surface area (Å²) >= 11 is 0. The lowest BCUT2D eigenvalue weighted by atomic mass is 9.74. The maximum atomic E-state index is 12.0. The van der Waals surface area contributed by atoms with E-state index in [0.717, 1.165) is 0 Å². The molecule has 5 nitrogen and oxygen atoms in total. The van der Waals surface area contributed by atoms with Crippen molar-refractivity contribution in [3.63, 3.8) is 0 Å². The molecule has 0 saturated heterocycles. The lowest BCUT2D eigenvalue weighted by molar-refractivity contribution is 0.125. The molecular formula is C14H17N3O2. The van der Waals surface area contributed by atoms with Gasteiger partial charge in [-0.1, -0.05) is 13.8 Å². The third-order valence-electron chi connectivity index (χ3n) is 3.32. The van der Waals surface area contributed by atoms with Gasteiger partial charge < -0.3 is 4.74 Å². The van der Waals surface area contributed by atoms with Crippen molar-refractivity contribution < 1.29 is 9.53 Å². The summed E-state index contributed by atoms with van der Waals surface area (Å²) in [6.07, 6.45) is -0.562. The standard InChI is InChI=1S/C14H17N3O2/c1-6-19-13(18)17-9(2)11(7-15)14(4,5)12(8-16)10(17)3/h6H2,1-5H3. The molecule has 19 heavy (non-hydrogen) atoms. The van der Waals surface area contributed by atoms with Gasteiger partial charge in [0.2, 0.25) is 0 Å². The molecule has 0 bridgehead atoms. The molecule has 0 aromatic carbocycles. The maximum absolute atomic E-state index is 12.0. The smallest absolute Gasteiger partial charge is 0.418 e. The highest BCUT2D eigenvalue weighted by molar-refractivity contribution is 5.75. The molecule has 1 rings (SSSR count). The summed E-state index contributed by atoms with van der Waals surface area (Å²) in [4.78, 5) is 13.3. The minimum Gasteiger partial charge on any atom is -0.449 e. The van der Waals surface area contributed by atoms with Crippen LogP contribution in [0.15, 0.2) is 22.5 Å². The fraction of sp³-hybridized carbons (Fsp3) is 0.500. The van der Waals surface area contributed by atoms with Gasteiger partial charge in [-0.05, 0) is 20.8 Å². The summed E-state index contributed by atoms with van der Waals surface area (Å²) < 4.78 is 4.98. The van der Waals surface area contributed by atoms with Crippen LogP contribution in [-0.2, 0) is 4.74 Å². The molecule has 0 aromatic rings. The molecule has 5 heteroatoms. The Hall–Kier alpha value is -2.27. The quantitative estimate of drug-likeness (QED) is 0.725. The van der Waals surface area contributed by atoms with E-state index < -0.39 is 11.5 Å². The molecule has 0 N–H and O–H groups in total. The molecule has 0 aliphatic carbocycles. The molecule has 0 radical (unpaired) electrons. The van der Waals surface area contributed by atoms with Gasteiger partial charge in [-0.3, -0.25) is 4.90 Å². The van der Waals surface area contributed by atoms with E-state index >= 15 is 0 Å². The number of carbonyl (C=O) groups is 1. The first-order valence-electron chi connectivity index (χ1n) is 6.02. The van der Waals surface area contributed by atoms with Crippen molar-refractivity contribution in [3.8, 4) is 12.1 Å². The lowest BCUT2D eigenvalue weighted by Gasteiger charge is -2.37. The van der Waals surface area contributed by atoms with Crippen molar-refractivity contribution in [1.82, 2.24) is 4.90 Å². The highest BCUT2D eigenvalue weighted by Crippen LogP contribution is 2.43. The van der Waals surface area contributed by atoms with E-state index in [4.69, 9.17) is 4.74 Å². The van der Waals surface area contributed by atoms with Gasteiger partial charge in [0, 0.05) is 16.8 Å². The molecular weight excluding hydrogens is 242 g/mol. The Balaban J connectivity index is 3.50. The van der Waals surface area contributed by atoms with Gasteiger partial charge in [0.05, 0.1) is 29.9 Å². The second-order valence-corrected chi connectivity index (χ2v) is 4.80. The minimum atomic E-state index is -0.694. The van der Waals surface area contributed by atoms with Gasteiger partial charge >= 0.3 is 6.09 Å². The van der Waals surface area contributed by atoms with E-state index in [1.54, 1.807) is 34.6 Å². The van der Waals surface area contributed by atoms with Crippen molar-refractivity contribution in [2.24, 2.45) is 5.41 Å². The summed E-state index contributed by atoms with van der Waals surface area (Å²) in [5.74, 6) is 0. The number of nitrogens with zero attached hydrogens (tertiary/aromatic N) is 3. The largest absolute Gasteiger partial charge is 0.449 e. The first-order valence-corrected chi connectivity index (χ1v) is 6.02. The molecule has 1 aliphatic heterocycles. The van der Waals surface area contributed by atoms with E-state index in [-0.39, 0.29) is 6.61 Å². The highest BCUT2D eigenvalue weighted by Gasteiger charge is 2.40. The number of ether oxygens (including phenoxy) is 1. The molecule has 0 fully saturated rings. The third-order valence-corrected chi connectivity index (χ3v) is 3.32. The number of hydrogen-bond acceptors (Lipinski definition) is 4. The Morgan fingerprint density at radius 2 is 1.63 bits per heavy atom. The Labute approximate surface area is 113 Å². The van der Waals surface area contributed by atoms with E-state index in [9.17, 15) is 15.3 Å². The van der Waals surface area contributed by atoms with Crippen LogP contribution >= 0.6 is 0 Å². The summed E-state index contributed by atoms with van der Waals surface area (Å²) in [6, 6.07) is 4.20. The molecule has 100 valence electrons. The first kappa shape index (κ1) is 14.8. The normalized spacial score (nSPS) is 17.9. The predicted molar refractivity (Wildman–Crippen MR) is 69.3 cm³/mol. The third kappa shape index (κ3) is 2.20. The fourth-order valence-electron chi connectivity index (χ4n) is 2.41. The van der Waals surface area contributed by atoms with E-state index in [1.165, 1.54) is 4.90 Å². The number of allylic oxidation sites excluding steroid dienone is 4. The maximum Gasteiger partial charge on any atom is 0.418 e. The van der Waals surface area contributed by atoms with Crippen molar-refractivity contribution in [3.05, 3.63) is 22.5 Å². The van der Waals surface area contributed by atoms with Gasteiger partial charge in [0.15, 0.2) is 0 Å². The molecule has 1 heterocycles. The van der Waals surface area contributed by atoms with Crippen LogP contribution in [0.5, 0.6) is 0 Å². The first-order chi connectivity index (χ1) is 8.82. The number of carbonyl (C=O) groups excluding carboxylic acids is 1. The van der Waals surface area contributed by atoms with E-state index in [0.29, 0.717) is 22.5 Å². The topological polar surface area (TPSA) is 77.1 Å². The average Bonchev–Trinajstić information content (AvgIpc) is 2.29. The fourth-order valence-corrected chi connectivity index (χ4v) is 2.41. The molecule has 0 spiro atoms. The van der Waals surface area contributed by atoms with Gasteiger partial charge in [-0.25, -0.2) is 4.79 Å². The van der Waals surface area contributed by atoms with Gasteiger partial charge in [-0.2, -0.15) is 10.5 Å². The van der Waals surface area contributed by atoms with Gasteiger partial charge in [0.25, 0.3) is 0 Å². The molecule has 0 unspecified atom stereocenters. The Kier molecular flexibility index (Phi) is 4.01. The van der Waals surface area contributed by atoms with Crippen LogP contribution in [0.4, 0.5) is 4.79 Å². The SMILES string of the molecule is CCOC(=O)N1C(C)=C(C#N)C(C)(C)C(C#N)=C1C. The zero-order valence-corrected chi connectivity index (χ0v) is 11.9. The Morgan fingerprint density at radius 3 is 1.95 bits per heavy atom. The van der Waals surface area contributed by atoms with Crippen LogP contribution in [0.2, 0.25) is 0 Å². The Morgan fingerprint density at radius 1 is 1.21 bits per heavy atom. The lowest BCUT2D eigenvalue weighted by Crippen LogP contribution is -2.37. The Bertz CT molecular complexity index is 516. The van der Waals surface area contributed by atoms with Crippen molar-refractivity contribution in [1.29, 1.82) is 10.5 Å². The minimum absolute atomic E-state index is 0.239. The summed E-state index contributed by atoms with van der Waals surface area (Å²) in [5.41, 5.74) is 1.15. The second-order valence-electron chi connectivity index (χ2n) is 4.80. The van der Waals surface area contributed by atoms with Crippen LogP contribution in [0, 0.1) is 28.1 Å². The van der Waals surface area contributed by atoms with Crippen LogP contribution in [-0.4, -0.2) is 17.6 Å². The molecule has 0 atom stereocenters. The highest BCUT2D eigenvalue weighted by atomic mass is 16.6. The molecule has 1 amide bonds. The molecule has 0 saturated carbocycles. The number of nitriles is 2. The van der Waals surface area contributed by atoms with Crippen LogP contribution in [0.3, 0.4) is 0 Å². The van der Waals surface area contributed by atoms with Crippen molar-refractivity contribution in [2.75, 3.05) is 6.61 Å². The summed E-state index contributed by atoms with van der Waals surface area (Å²) in [7, 11) is 0. The van der Waals surface area contributed by atoms with Crippen molar-refractivity contribution >= 4 is 6.09 Å². The zero-order chi connectivity index (χ0) is 14.8. The summed E-state index contributed by atoms with van der Waals surface area (Å²) in [6.45, 7) is 8.94. The monoisotopic (exact) mass is 259 g/mol. The number of rotatable bonds is 1. The predicted octanol–water partition coefficient (Wildman–Crippen LogP) is 3.08. The van der Waals surface area contributed by atoms with Crippen LogP contribution < -0.4 is 0 Å². The zero-order valence-electron chi connectivity index (χ0n) is 11.9. The van der Waals surface area contributed by atoms with Crippen LogP contribution in [0.25, 0.3) is 0 Å². The van der Waals surface area contributed by atoms with Crippen molar-refractivity contribution in [2.45, 2.75) is 34.6 Å². The van der Waals surface area contributed by atoms with Crippen LogP contribution in [0.1, 0.15) is 34.6 Å². The van der Waals surface area contributed by atoms with E-state index in [1.807, 2.05) is 0 Å². The van der Waals surface area contributed by atoms with Gasteiger partial charge in [-0.15, -0.1) is 0 Å². The molecule has 0 aromatic heterocycles. The summed E-state index contributed by atoms with van der Waals surface area (Å²) in [5, 5.41) is 18.6. The second kappa shape index (κ2) is 5.16. The number of amides is 1.